The third-order valence-corrected chi connectivity index (χ3v) is 6.41. The van der Waals surface area contributed by atoms with E-state index >= 15 is 0 Å². The van der Waals surface area contributed by atoms with E-state index in [0.717, 1.165) is 30.0 Å². The fourth-order valence-electron chi connectivity index (χ4n) is 3.54. The van der Waals surface area contributed by atoms with Gasteiger partial charge in [0.15, 0.2) is 0 Å². The Labute approximate surface area is 153 Å². The molecule has 0 unspecified atom stereocenters. The van der Waals surface area contributed by atoms with Gasteiger partial charge in [0.05, 0.1) is 11.3 Å². The summed E-state index contributed by atoms with van der Waals surface area (Å²) in [5.74, 6) is -0.0278. The number of anilines is 3. The number of hydrogen-bond donors (Lipinski definition) is 1. The van der Waals surface area contributed by atoms with Gasteiger partial charge in [-0.1, -0.05) is 0 Å². The van der Waals surface area contributed by atoms with Gasteiger partial charge in [0.25, 0.3) is 10.0 Å². The van der Waals surface area contributed by atoms with Crippen LogP contribution in [-0.2, 0) is 21.2 Å². The second-order valence-electron chi connectivity index (χ2n) is 6.77. The first-order valence-electron chi connectivity index (χ1n) is 8.71. The molecule has 4 rings (SSSR count). The van der Waals surface area contributed by atoms with E-state index in [1.807, 2.05) is 12.1 Å². The van der Waals surface area contributed by atoms with E-state index in [1.54, 1.807) is 36.2 Å². The predicted octanol–water partition coefficient (Wildman–Crippen LogP) is 2.61. The molecule has 2 aliphatic heterocycles. The standard InChI is InChI=1S/C19H21N3O3S/c1-21-18-9-8-17(12-14(18)13-19(21)23)26(24,25)20-15-4-6-16(7-5-15)22-10-2-3-11-22/h4-9,12,20H,2-3,10-11,13H2,1H3. The van der Waals surface area contributed by atoms with Crippen molar-refractivity contribution in [1.29, 1.82) is 0 Å². The minimum absolute atomic E-state index is 0.0278. The summed E-state index contributed by atoms with van der Waals surface area (Å²) in [6, 6.07) is 12.3. The number of nitrogens with zero attached hydrogens (tertiary/aromatic N) is 2. The van der Waals surface area contributed by atoms with E-state index in [-0.39, 0.29) is 17.2 Å². The molecule has 0 saturated carbocycles. The Kier molecular flexibility index (Phi) is 4.11. The van der Waals surface area contributed by atoms with E-state index in [4.69, 9.17) is 0 Å². The number of sulfonamides is 1. The normalized spacial score (nSPS) is 16.9. The number of hydrogen-bond acceptors (Lipinski definition) is 4. The van der Waals surface area contributed by atoms with Crippen molar-refractivity contribution in [2.24, 2.45) is 0 Å². The molecule has 6 nitrogen and oxygen atoms in total. The Morgan fingerprint density at radius 1 is 1.00 bits per heavy atom. The second kappa shape index (κ2) is 6.32. The minimum atomic E-state index is -3.70. The average Bonchev–Trinajstić information content (AvgIpc) is 3.24. The van der Waals surface area contributed by atoms with Gasteiger partial charge >= 0.3 is 0 Å². The van der Waals surface area contributed by atoms with Crippen molar-refractivity contribution in [3.8, 4) is 0 Å². The summed E-state index contributed by atoms with van der Waals surface area (Å²) in [6.45, 7) is 2.10. The third-order valence-electron chi connectivity index (χ3n) is 5.03. The lowest BCUT2D eigenvalue weighted by Crippen LogP contribution is -2.20. The maximum atomic E-state index is 12.7. The van der Waals surface area contributed by atoms with Crippen molar-refractivity contribution in [2.75, 3.05) is 34.7 Å². The number of rotatable bonds is 4. The molecule has 0 aliphatic carbocycles. The Morgan fingerprint density at radius 3 is 2.38 bits per heavy atom. The molecule has 136 valence electrons. The largest absolute Gasteiger partial charge is 0.372 e. The molecular formula is C19H21N3O3S. The average molecular weight is 371 g/mol. The molecule has 2 aliphatic rings. The first kappa shape index (κ1) is 16.9. The first-order chi connectivity index (χ1) is 12.4. The lowest BCUT2D eigenvalue weighted by molar-refractivity contribution is -0.117. The highest BCUT2D eigenvalue weighted by Gasteiger charge is 2.26. The Bertz CT molecular complexity index is 948. The number of carbonyl (C=O) groups excluding carboxylic acids is 1. The van der Waals surface area contributed by atoms with Gasteiger partial charge in [-0.3, -0.25) is 9.52 Å². The third kappa shape index (κ3) is 3.03. The van der Waals surface area contributed by atoms with Gasteiger partial charge in [0, 0.05) is 37.2 Å². The highest BCUT2D eigenvalue weighted by molar-refractivity contribution is 7.92. The summed E-state index contributed by atoms with van der Waals surface area (Å²) in [5, 5.41) is 0. The predicted molar refractivity (Wildman–Crippen MR) is 102 cm³/mol. The van der Waals surface area contributed by atoms with Crippen LogP contribution in [0.4, 0.5) is 17.1 Å². The van der Waals surface area contributed by atoms with Crippen LogP contribution in [0.2, 0.25) is 0 Å². The van der Waals surface area contributed by atoms with Gasteiger partial charge in [-0.25, -0.2) is 8.42 Å². The molecule has 1 saturated heterocycles. The molecule has 7 heteroatoms. The summed E-state index contributed by atoms with van der Waals surface area (Å²) in [4.78, 5) is 15.8. The number of nitrogens with one attached hydrogen (secondary N) is 1. The molecule has 1 amide bonds. The lowest BCUT2D eigenvalue weighted by Gasteiger charge is -2.18. The summed E-state index contributed by atoms with van der Waals surface area (Å²) >= 11 is 0. The topological polar surface area (TPSA) is 69.7 Å². The Balaban J connectivity index is 1.54. The molecule has 0 atom stereocenters. The zero-order valence-electron chi connectivity index (χ0n) is 14.6. The molecular weight excluding hydrogens is 350 g/mol. The maximum absolute atomic E-state index is 12.7. The highest BCUT2D eigenvalue weighted by Crippen LogP contribution is 2.30. The van der Waals surface area contributed by atoms with E-state index in [2.05, 4.69) is 9.62 Å². The molecule has 0 aromatic heterocycles. The molecule has 1 fully saturated rings. The summed E-state index contributed by atoms with van der Waals surface area (Å²) in [7, 11) is -2.00. The zero-order valence-corrected chi connectivity index (χ0v) is 15.4. The minimum Gasteiger partial charge on any atom is -0.372 e. The monoisotopic (exact) mass is 371 g/mol. The number of benzene rings is 2. The van der Waals surface area contributed by atoms with Crippen LogP contribution < -0.4 is 14.5 Å². The fraction of sp³-hybridized carbons (Fsp3) is 0.316. The Morgan fingerprint density at radius 2 is 1.69 bits per heavy atom. The van der Waals surface area contributed by atoms with Gasteiger partial charge in [-0.05, 0) is 60.9 Å². The lowest BCUT2D eigenvalue weighted by atomic mass is 10.2. The van der Waals surface area contributed by atoms with Crippen molar-refractivity contribution >= 4 is 33.0 Å². The number of fused-ring (bicyclic) bond motifs is 1. The van der Waals surface area contributed by atoms with Crippen LogP contribution in [0, 0.1) is 0 Å². The van der Waals surface area contributed by atoms with Gasteiger partial charge in [-0.2, -0.15) is 0 Å². The van der Waals surface area contributed by atoms with Gasteiger partial charge in [0.2, 0.25) is 5.91 Å². The van der Waals surface area contributed by atoms with Crippen molar-refractivity contribution in [1.82, 2.24) is 0 Å². The van der Waals surface area contributed by atoms with Crippen molar-refractivity contribution < 1.29 is 13.2 Å². The highest BCUT2D eigenvalue weighted by atomic mass is 32.2. The Hall–Kier alpha value is -2.54. The molecule has 2 heterocycles. The summed E-state index contributed by atoms with van der Waals surface area (Å²) < 4.78 is 28.0. The van der Waals surface area contributed by atoms with Crippen molar-refractivity contribution in [2.45, 2.75) is 24.2 Å². The van der Waals surface area contributed by atoms with E-state index in [1.165, 1.54) is 18.9 Å². The van der Waals surface area contributed by atoms with Gasteiger partial charge in [-0.15, -0.1) is 0 Å². The maximum Gasteiger partial charge on any atom is 0.261 e. The second-order valence-corrected chi connectivity index (χ2v) is 8.45. The van der Waals surface area contributed by atoms with Crippen LogP contribution >= 0.6 is 0 Å². The molecule has 2 aromatic rings. The van der Waals surface area contributed by atoms with Crippen molar-refractivity contribution in [3.63, 3.8) is 0 Å². The zero-order chi connectivity index (χ0) is 18.3. The van der Waals surface area contributed by atoms with Crippen LogP contribution in [-0.4, -0.2) is 34.5 Å². The number of carbonyl (C=O) groups is 1. The first-order valence-corrected chi connectivity index (χ1v) is 10.2. The smallest absolute Gasteiger partial charge is 0.261 e. The van der Waals surface area contributed by atoms with Gasteiger partial charge in [0.1, 0.15) is 0 Å². The molecule has 1 N–H and O–H groups in total. The van der Waals surface area contributed by atoms with Crippen LogP contribution in [0.1, 0.15) is 18.4 Å². The molecule has 0 bridgehead atoms. The van der Waals surface area contributed by atoms with Crippen LogP contribution in [0.5, 0.6) is 0 Å². The number of amides is 1. The van der Waals surface area contributed by atoms with Crippen molar-refractivity contribution in [3.05, 3.63) is 48.0 Å². The molecule has 2 aromatic carbocycles. The molecule has 0 radical (unpaired) electrons. The van der Waals surface area contributed by atoms with Crippen LogP contribution in [0.15, 0.2) is 47.4 Å². The SMILES string of the molecule is CN1C(=O)Cc2cc(S(=O)(=O)Nc3ccc(N4CCCC4)cc3)ccc21. The van der Waals surface area contributed by atoms with Gasteiger partial charge < -0.3 is 9.80 Å². The summed E-state index contributed by atoms with van der Waals surface area (Å²) in [5.41, 5.74) is 3.15. The van der Waals surface area contributed by atoms with Crippen LogP contribution in [0.25, 0.3) is 0 Å². The van der Waals surface area contributed by atoms with E-state index < -0.39 is 10.0 Å². The molecule has 26 heavy (non-hydrogen) atoms. The molecule has 0 spiro atoms. The van der Waals surface area contributed by atoms with E-state index in [0.29, 0.717) is 5.69 Å². The van der Waals surface area contributed by atoms with Crippen LogP contribution in [0.3, 0.4) is 0 Å². The quantitative estimate of drug-likeness (QED) is 0.897. The van der Waals surface area contributed by atoms with E-state index in [9.17, 15) is 13.2 Å². The fourth-order valence-corrected chi connectivity index (χ4v) is 4.65. The number of likely N-dealkylation sites (N-methyl/N-ethyl adjacent to an activating group) is 1. The summed E-state index contributed by atoms with van der Waals surface area (Å²) in [6.07, 6.45) is 2.63.